The highest BCUT2D eigenvalue weighted by molar-refractivity contribution is 7.16. The zero-order valence-corrected chi connectivity index (χ0v) is 17.9. The summed E-state index contributed by atoms with van der Waals surface area (Å²) in [5.41, 5.74) is 3.36. The Labute approximate surface area is 177 Å². The molecule has 1 aliphatic rings. The molecular formula is C22H22N2O5S. The minimum Gasteiger partial charge on any atom is -0.486 e. The van der Waals surface area contributed by atoms with Crippen LogP contribution >= 0.6 is 11.3 Å². The maximum Gasteiger partial charge on any atom is 0.307 e. The van der Waals surface area contributed by atoms with E-state index in [9.17, 15) is 9.59 Å². The van der Waals surface area contributed by atoms with Crippen molar-refractivity contribution in [2.45, 2.75) is 26.8 Å². The summed E-state index contributed by atoms with van der Waals surface area (Å²) in [6.45, 7) is 5.19. The largest absolute Gasteiger partial charge is 0.486 e. The van der Waals surface area contributed by atoms with Crippen LogP contribution in [0.2, 0.25) is 0 Å². The molecule has 0 spiro atoms. The van der Waals surface area contributed by atoms with Gasteiger partial charge in [0, 0.05) is 24.2 Å². The molecule has 7 nitrogen and oxygen atoms in total. The zero-order valence-electron chi connectivity index (χ0n) is 17.1. The summed E-state index contributed by atoms with van der Waals surface area (Å²) < 4.78 is 18.9. The van der Waals surface area contributed by atoms with Crippen molar-refractivity contribution in [2.75, 3.05) is 20.3 Å². The molecular weight excluding hydrogens is 404 g/mol. The molecule has 0 radical (unpaired) electrons. The van der Waals surface area contributed by atoms with Crippen molar-refractivity contribution in [3.8, 4) is 11.5 Å². The minimum absolute atomic E-state index is 0.168. The molecule has 8 heteroatoms. The van der Waals surface area contributed by atoms with Crippen molar-refractivity contribution in [3.63, 3.8) is 0 Å². The summed E-state index contributed by atoms with van der Waals surface area (Å²) in [7, 11) is 1.36. The van der Waals surface area contributed by atoms with Gasteiger partial charge >= 0.3 is 5.97 Å². The Morgan fingerprint density at radius 3 is 2.57 bits per heavy atom. The van der Waals surface area contributed by atoms with Gasteiger partial charge in [-0.1, -0.05) is 29.0 Å². The molecule has 0 bridgehead atoms. The number of ether oxygens (including phenoxy) is 3. The molecule has 1 amide bonds. The molecule has 2 aromatic carbocycles. The third kappa shape index (κ3) is 3.95. The van der Waals surface area contributed by atoms with Gasteiger partial charge < -0.3 is 18.8 Å². The van der Waals surface area contributed by atoms with E-state index in [1.54, 1.807) is 6.07 Å². The fourth-order valence-electron chi connectivity index (χ4n) is 3.41. The summed E-state index contributed by atoms with van der Waals surface area (Å²) >= 11 is 1.38. The molecule has 0 saturated carbocycles. The SMILES string of the molecule is COC(=O)CCn1c(=NC(=O)c2ccc(C)cc2C)sc2cc3c(cc21)OCCO3. The van der Waals surface area contributed by atoms with Crippen LogP contribution in [0.3, 0.4) is 0 Å². The molecule has 0 unspecified atom stereocenters. The van der Waals surface area contributed by atoms with E-state index in [0.717, 1.165) is 21.3 Å². The van der Waals surface area contributed by atoms with Crippen LogP contribution in [0.25, 0.3) is 10.2 Å². The van der Waals surface area contributed by atoms with Crippen molar-refractivity contribution in [2.24, 2.45) is 4.99 Å². The molecule has 0 fully saturated rings. The van der Waals surface area contributed by atoms with Crippen molar-refractivity contribution in [1.82, 2.24) is 4.57 Å². The predicted molar refractivity (Wildman–Crippen MR) is 113 cm³/mol. The molecule has 0 atom stereocenters. The minimum atomic E-state index is -0.328. The van der Waals surface area contributed by atoms with E-state index in [-0.39, 0.29) is 18.3 Å². The lowest BCUT2D eigenvalue weighted by Gasteiger charge is -2.18. The number of carbonyl (C=O) groups excluding carboxylic acids is 2. The molecule has 4 rings (SSSR count). The molecule has 30 heavy (non-hydrogen) atoms. The van der Waals surface area contributed by atoms with Gasteiger partial charge in [0.05, 0.1) is 23.7 Å². The first-order chi connectivity index (χ1) is 14.5. The first kappa shape index (κ1) is 20.2. The summed E-state index contributed by atoms with van der Waals surface area (Å²) in [6, 6.07) is 9.42. The van der Waals surface area contributed by atoms with Gasteiger partial charge in [0.1, 0.15) is 13.2 Å². The van der Waals surface area contributed by atoms with Crippen LogP contribution in [0.5, 0.6) is 11.5 Å². The number of aryl methyl sites for hydroxylation is 3. The second-order valence-electron chi connectivity index (χ2n) is 7.06. The van der Waals surface area contributed by atoms with Gasteiger partial charge in [-0.3, -0.25) is 9.59 Å². The fourth-order valence-corrected chi connectivity index (χ4v) is 4.48. The van der Waals surface area contributed by atoms with Crippen molar-refractivity contribution in [1.29, 1.82) is 0 Å². The van der Waals surface area contributed by atoms with E-state index in [4.69, 9.17) is 14.2 Å². The summed E-state index contributed by atoms with van der Waals surface area (Å²) in [4.78, 5) is 29.6. The van der Waals surface area contributed by atoms with Gasteiger partial charge in [-0.25, -0.2) is 0 Å². The Hall–Kier alpha value is -3.13. The van der Waals surface area contributed by atoms with Gasteiger partial charge in [0.25, 0.3) is 5.91 Å². The van der Waals surface area contributed by atoms with E-state index in [0.29, 0.717) is 41.6 Å². The number of carbonyl (C=O) groups is 2. The number of benzene rings is 2. The van der Waals surface area contributed by atoms with E-state index >= 15 is 0 Å². The molecule has 2 heterocycles. The number of aromatic nitrogens is 1. The lowest BCUT2D eigenvalue weighted by atomic mass is 10.1. The highest BCUT2D eigenvalue weighted by Crippen LogP contribution is 2.35. The van der Waals surface area contributed by atoms with Crippen LogP contribution in [-0.4, -0.2) is 36.8 Å². The van der Waals surface area contributed by atoms with E-state index in [1.807, 2.05) is 42.7 Å². The number of rotatable bonds is 4. The maximum absolute atomic E-state index is 12.9. The average molecular weight is 426 g/mol. The molecule has 0 N–H and O–H groups in total. The number of hydrogen-bond acceptors (Lipinski definition) is 6. The standard InChI is InChI=1S/C22H22N2O5S/c1-13-4-5-15(14(2)10-13)21(26)23-22-24(7-6-20(25)27-3)16-11-17-18(12-19(16)30-22)29-9-8-28-17/h4-5,10-12H,6-9H2,1-3H3. The number of esters is 1. The van der Waals surface area contributed by atoms with Crippen LogP contribution in [0.4, 0.5) is 0 Å². The monoisotopic (exact) mass is 426 g/mol. The number of amides is 1. The Bertz CT molecular complexity index is 1210. The van der Waals surface area contributed by atoms with E-state index < -0.39 is 0 Å². The number of fused-ring (bicyclic) bond motifs is 2. The van der Waals surface area contributed by atoms with Crippen LogP contribution in [0.15, 0.2) is 35.3 Å². The molecule has 3 aromatic rings. The topological polar surface area (TPSA) is 79.1 Å². The van der Waals surface area contributed by atoms with Crippen LogP contribution in [-0.2, 0) is 16.1 Å². The Kier molecular flexibility index (Phi) is 5.59. The normalized spacial score (nSPS) is 13.5. The smallest absolute Gasteiger partial charge is 0.307 e. The second-order valence-corrected chi connectivity index (χ2v) is 8.07. The number of hydrogen-bond donors (Lipinski definition) is 0. The number of methoxy groups -OCH3 is 1. The van der Waals surface area contributed by atoms with Crippen molar-refractivity contribution >= 4 is 33.4 Å². The lowest BCUT2D eigenvalue weighted by molar-refractivity contribution is -0.140. The maximum atomic E-state index is 12.9. The summed E-state index contributed by atoms with van der Waals surface area (Å²) in [6.07, 6.45) is 0.168. The molecule has 0 aliphatic carbocycles. The van der Waals surface area contributed by atoms with E-state index in [2.05, 4.69) is 4.99 Å². The highest BCUT2D eigenvalue weighted by Gasteiger charge is 2.18. The zero-order chi connectivity index (χ0) is 21.3. The van der Waals surface area contributed by atoms with E-state index in [1.165, 1.54) is 18.4 Å². The average Bonchev–Trinajstić information content (AvgIpc) is 3.05. The Morgan fingerprint density at radius 1 is 1.13 bits per heavy atom. The lowest BCUT2D eigenvalue weighted by Crippen LogP contribution is -2.20. The third-order valence-electron chi connectivity index (χ3n) is 4.92. The quantitative estimate of drug-likeness (QED) is 0.598. The predicted octanol–water partition coefficient (Wildman–Crippen LogP) is 3.40. The van der Waals surface area contributed by atoms with Crippen LogP contribution in [0, 0.1) is 13.8 Å². The van der Waals surface area contributed by atoms with Gasteiger partial charge in [0.2, 0.25) is 0 Å². The molecule has 156 valence electrons. The highest BCUT2D eigenvalue weighted by atomic mass is 32.1. The first-order valence-electron chi connectivity index (χ1n) is 9.62. The Morgan fingerprint density at radius 2 is 1.87 bits per heavy atom. The first-order valence-corrected chi connectivity index (χ1v) is 10.4. The van der Waals surface area contributed by atoms with Crippen LogP contribution < -0.4 is 14.3 Å². The van der Waals surface area contributed by atoms with Gasteiger partial charge in [0.15, 0.2) is 16.3 Å². The summed E-state index contributed by atoms with van der Waals surface area (Å²) in [5.74, 6) is 0.669. The van der Waals surface area contributed by atoms with Gasteiger partial charge in [-0.05, 0) is 25.5 Å². The van der Waals surface area contributed by atoms with Crippen molar-refractivity contribution < 1.29 is 23.8 Å². The molecule has 0 saturated heterocycles. The van der Waals surface area contributed by atoms with Crippen LogP contribution in [0.1, 0.15) is 27.9 Å². The number of nitrogens with zero attached hydrogens (tertiary/aromatic N) is 2. The van der Waals surface area contributed by atoms with Gasteiger partial charge in [-0.2, -0.15) is 4.99 Å². The second kappa shape index (κ2) is 8.31. The summed E-state index contributed by atoms with van der Waals surface area (Å²) in [5, 5.41) is 0. The Balaban J connectivity index is 1.83. The fraction of sp³-hybridized carbons (Fsp3) is 0.318. The third-order valence-corrected chi connectivity index (χ3v) is 5.96. The molecule has 1 aromatic heterocycles. The van der Waals surface area contributed by atoms with Crippen molar-refractivity contribution in [3.05, 3.63) is 51.8 Å². The van der Waals surface area contributed by atoms with Gasteiger partial charge in [-0.15, -0.1) is 0 Å². The molecule has 1 aliphatic heterocycles. The number of thiazole rings is 1.